The summed E-state index contributed by atoms with van der Waals surface area (Å²) in [5.41, 5.74) is 0. The summed E-state index contributed by atoms with van der Waals surface area (Å²) >= 11 is 0. The summed E-state index contributed by atoms with van der Waals surface area (Å²) in [6.07, 6.45) is 101. The predicted octanol–water partition coefficient (Wildman–Crippen LogP) is 30.3. The number of nitrogens with zero attached hydrogens (tertiary/aromatic N) is 2. The molecular formula is C90H179N2O4Pd-. The Kier molecular flexibility index (Phi) is 106. The van der Waals surface area contributed by atoms with Gasteiger partial charge in [-0.15, -0.1) is 0 Å². The second-order valence-electron chi connectivity index (χ2n) is 29.0. The molecule has 0 aromatic heterocycles. The molecule has 0 aliphatic rings. The van der Waals surface area contributed by atoms with E-state index in [2.05, 4.69) is 114 Å². The first-order chi connectivity index (χ1) is 46.2. The van der Waals surface area contributed by atoms with Crippen LogP contribution in [0.4, 0.5) is 0 Å². The molecule has 0 bridgehead atoms. The summed E-state index contributed by atoms with van der Waals surface area (Å²) in [4.78, 5) is 29.3. The zero-order valence-electron chi connectivity index (χ0n) is 67.3. The van der Waals surface area contributed by atoms with E-state index in [-0.39, 0.29) is 59.4 Å². The quantitative estimate of drug-likeness (QED) is 0.0199. The van der Waals surface area contributed by atoms with Crippen LogP contribution in [0.15, 0.2) is 48.6 Å². The molecule has 0 aliphatic heterocycles. The van der Waals surface area contributed by atoms with Crippen molar-refractivity contribution >= 4 is 11.9 Å². The van der Waals surface area contributed by atoms with Gasteiger partial charge in [-0.2, -0.15) is 0 Å². The van der Waals surface area contributed by atoms with E-state index in [4.69, 9.17) is 9.47 Å². The van der Waals surface area contributed by atoms with Crippen molar-refractivity contribution in [1.29, 1.82) is 0 Å². The number of rotatable bonds is 74. The number of ether oxygens (including phenoxy) is 2. The van der Waals surface area contributed by atoms with Gasteiger partial charge < -0.3 is 26.7 Å². The molecule has 0 aromatic carbocycles. The van der Waals surface area contributed by atoms with Crippen LogP contribution in [0.25, 0.3) is 0 Å². The van der Waals surface area contributed by atoms with Gasteiger partial charge in [0.15, 0.2) is 0 Å². The first-order valence-corrected chi connectivity index (χ1v) is 42.5. The van der Waals surface area contributed by atoms with E-state index < -0.39 is 0 Å². The van der Waals surface area contributed by atoms with Crippen molar-refractivity contribution in [1.82, 2.24) is 9.80 Å². The van der Waals surface area contributed by atoms with Crippen LogP contribution in [-0.4, -0.2) is 75.2 Å². The van der Waals surface area contributed by atoms with Crippen LogP contribution in [-0.2, 0) is 39.5 Å². The van der Waals surface area contributed by atoms with Gasteiger partial charge in [0.25, 0.3) is 0 Å². The van der Waals surface area contributed by atoms with Gasteiger partial charge in [-0.1, -0.05) is 367 Å². The number of hydrogen-bond acceptors (Lipinski definition) is 6. The Labute approximate surface area is 626 Å². The van der Waals surface area contributed by atoms with Crippen LogP contribution in [0.1, 0.15) is 460 Å². The Morgan fingerprint density at radius 1 is 0.278 bits per heavy atom. The van der Waals surface area contributed by atoms with Crippen molar-refractivity contribution < 1.29 is 39.5 Å². The molecule has 97 heavy (non-hydrogen) atoms. The molecule has 0 rings (SSSR count). The molecule has 0 amide bonds. The number of allylic oxidation sites excluding steroid dienone is 8. The van der Waals surface area contributed by atoms with Crippen molar-refractivity contribution in [2.75, 3.05) is 41.3 Å². The van der Waals surface area contributed by atoms with Crippen LogP contribution in [0.3, 0.4) is 0 Å². The Bertz CT molecular complexity index is 1460. The SMILES string of the molecule is C.CC.CCCCC/C=C\C/C=C\CCCCCCCCC(CCCCCCCC/C=C\C/C=C\CCCCC)OC(=O)CCCN(C)C.CCCCCCCCCCCCCCCCCCC(CCCCCCCCCCCCCCCCCC)OC(=O)CCCN(C)C.[CH3-].[Pd]. The topological polar surface area (TPSA) is 59.1 Å². The first-order valence-electron chi connectivity index (χ1n) is 42.5. The van der Waals surface area contributed by atoms with Gasteiger partial charge in [0.2, 0.25) is 0 Å². The maximum Gasteiger partial charge on any atom is 0.306 e. The summed E-state index contributed by atoms with van der Waals surface area (Å²) in [5, 5.41) is 0. The Morgan fingerprint density at radius 3 is 0.660 bits per heavy atom. The van der Waals surface area contributed by atoms with Crippen molar-refractivity contribution in [3.8, 4) is 0 Å². The zero-order valence-corrected chi connectivity index (χ0v) is 68.8. The summed E-state index contributed by atoms with van der Waals surface area (Å²) in [6.45, 7) is 15.0. The van der Waals surface area contributed by atoms with E-state index in [9.17, 15) is 9.59 Å². The maximum absolute atomic E-state index is 12.5. The molecular weight excluding hydrogens is 1280 g/mol. The van der Waals surface area contributed by atoms with E-state index in [1.165, 1.54) is 347 Å². The fraction of sp³-hybridized carbons (Fsp3) is 0.878. The Hall–Kier alpha value is -1.52. The fourth-order valence-electron chi connectivity index (χ4n) is 12.7. The number of hydrogen-bond donors (Lipinski definition) is 0. The number of carbonyl (C=O) groups is 2. The Balaban J connectivity index is -0.000000404. The molecule has 0 heterocycles. The van der Waals surface area contributed by atoms with Gasteiger partial charge in [-0.25, -0.2) is 0 Å². The number of esters is 2. The molecule has 0 fully saturated rings. The zero-order chi connectivity index (χ0) is 69.2. The molecule has 0 spiro atoms. The minimum Gasteiger partial charge on any atom is -0.462 e. The molecule has 0 saturated carbocycles. The Morgan fingerprint density at radius 2 is 0.454 bits per heavy atom. The largest absolute Gasteiger partial charge is 0.462 e. The van der Waals surface area contributed by atoms with Crippen molar-refractivity contribution in [2.45, 2.75) is 472 Å². The molecule has 0 atom stereocenters. The summed E-state index contributed by atoms with van der Waals surface area (Å²) < 4.78 is 12.0. The van der Waals surface area contributed by atoms with Crippen LogP contribution >= 0.6 is 0 Å². The monoisotopic (exact) mass is 1460 g/mol. The van der Waals surface area contributed by atoms with Gasteiger partial charge in [-0.3, -0.25) is 9.59 Å². The third-order valence-corrected chi connectivity index (χ3v) is 18.8. The molecule has 7 heteroatoms. The third kappa shape index (κ3) is 98.7. The van der Waals surface area contributed by atoms with Gasteiger partial charge in [-0.05, 0) is 170 Å². The molecule has 0 aromatic rings. The van der Waals surface area contributed by atoms with Gasteiger partial charge in [0.05, 0.1) is 0 Å². The van der Waals surface area contributed by atoms with Gasteiger partial charge in [0, 0.05) is 33.3 Å². The fourth-order valence-corrected chi connectivity index (χ4v) is 12.7. The van der Waals surface area contributed by atoms with Crippen molar-refractivity contribution in [3.05, 3.63) is 56.0 Å². The predicted molar refractivity (Wildman–Crippen MR) is 436 cm³/mol. The molecule has 0 saturated heterocycles. The standard InChI is InChI=1S/C43H87NO2.C43H79NO2.C2H6.CH4.CH3.Pd/c2*1-5-7-9-11-13-15-17-19-21-23-25-27-29-31-33-35-38-42(46-43(45)40-37-41-44(3)4)39-36-34-32-30-28-26-24-22-20-18-16-14-12-10-8-6-2;1-2;;;/h42H,5-41H2,1-4H3;13-16,19-22,42H,5-12,17-18,23-41H2,1-4H3;1-2H3;1H4;1H3;/q;;;;-1;/b;15-13-,16-14-,21-19-,22-20-;;;;. The minimum atomic E-state index is 0. The maximum atomic E-state index is 12.5. The number of carbonyl (C=O) groups excluding carboxylic acids is 2. The molecule has 0 N–H and O–H groups in total. The van der Waals surface area contributed by atoms with E-state index in [1.807, 2.05) is 13.8 Å². The summed E-state index contributed by atoms with van der Waals surface area (Å²) in [7, 11) is 8.27. The van der Waals surface area contributed by atoms with E-state index in [0.717, 1.165) is 64.5 Å². The third-order valence-electron chi connectivity index (χ3n) is 18.8. The van der Waals surface area contributed by atoms with Gasteiger partial charge >= 0.3 is 11.9 Å². The van der Waals surface area contributed by atoms with Crippen LogP contribution in [0.5, 0.6) is 0 Å². The van der Waals surface area contributed by atoms with Crippen LogP contribution in [0, 0.1) is 7.43 Å². The average Bonchev–Trinajstić information content (AvgIpc) is 2.88. The van der Waals surface area contributed by atoms with Crippen LogP contribution < -0.4 is 0 Å². The van der Waals surface area contributed by atoms with E-state index in [0.29, 0.717) is 12.8 Å². The van der Waals surface area contributed by atoms with Crippen molar-refractivity contribution in [3.63, 3.8) is 0 Å². The van der Waals surface area contributed by atoms with E-state index >= 15 is 0 Å². The second-order valence-corrected chi connectivity index (χ2v) is 29.0. The van der Waals surface area contributed by atoms with Gasteiger partial charge in [0.1, 0.15) is 12.2 Å². The molecule has 6 nitrogen and oxygen atoms in total. The second kappa shape index (κ2) is 96.5. The average molecular weight is 1460 g/mol. The number of unbranched alkanes of at least 4 members (excludes halogenated alkanes) is 48. The summed E-state index contributed by atoms with van der Waals surface area (Å²) in [6, 6.07) is 0. The molecule has 0 unspecified atom stereocenters. The smallest absolute Gasteiger partial charge is 0.306 e. The molecule has 0 aliphatic carbocycles. The first kappa shape index (κ1) is 106. The normalized spacial score (nSPS) is 11.5. The minimum absolute atomic E-state index is 0. The molecule has 0 radical (unpaired) electrons. The molecule has 584 valence electrons. The van der Waals surface area contributed by atoms with Crippen molar-refractivity contribution in [2.24, 2.45) is 0 Å². The van der Waals surface area contributed by atoms with Crippen LogP contribution in [0.2, 0.25) is 0 Å². The summed E-state index contributed by atoms with van der Waals surface area (Å²) in [5.74, 6) is 0.0340. The van der Waals surface area contributed by atoms with E-state index in [1.54, 1.807) is 0 Å².